The van der Waals surface area contributed by atoms with Crippen LogP contribution in [0, 0.1) is 0 Å². The predicted molar refractivity (Wildman–Crippen MR) is 90.2 cm³/mol. The Morgan fingerprint density at radius 2 is 1.71 bits per heavy atom. The Morgan fingerprint density at radius 3 is 2.42 bits per heavy atom. The number of hydrogen-bond donors (Lipinski definition) is 1. The fourth-order valence-electron chi connectivity index (χ4n) is 4.32. The molecular weight excluding hydrogens is 302 g/mol. The van der Waals surface area contributed by atoms with Gasteiger partial charge in [-0.05, 0) is 42.0 Å². The molecule has 0 fully saturated rings. The molecule has 0 spiro atoms. The van der Waals surface area contributed by atoms with E-state index >= 15 is 0 Å². The van der Waals surface area contributed by atoms with Crippen LogP contribution in [0.15, 0.2) is 42.5 Å². The molecule has 0 unspecified atom stereocenters. The van der Waals surface area contributed by atoms with E-state index in [2.05, 4.69) is 19.1 Å². The predicted octanol–water partition coefficient (Wildman–Crippen LogP) is 4.15. The SMILES string of the molecule is C[C@H]1C[C@H]2c3cccc(C(=O)O)c3C(=O)N2[C@@H](C)c2ccccc21. The maximum atomic E-state index is 13.1. The summed E-state index contributed by atoms with van der Waals surface area (Å²) in [5.74, 6) is -0.894. The lowest BCUT2D eigenvalue weighted by Gasteiger charge is -2.29. The van der Waals surface area contributed by atoms with Crippen molar-refractivity contribution in [1.29, 1.82) is 0 Å². The Kier molecular flexibility index (Phi) is 3.23. The molecule has 0 aliphatic carbocycles. The molecule has 4 heteroatoms. The van der Waals surface area contributed by atoms with Crippen LogP contribution < -0.4 is 0 Å². The number of fused-ring (bicyclic) bond motifs is 4. The van der Waals surface area contributed by atoms with E-state index in [4.69, 9.17) is 0 Å². The zero-order chi connectivity index (χ0) is 17.0. The summed E-state index contributed by atoms with van der Waals surface area (Å²) in [4.78, 5) is 26.5. The van der Waals surface area contributed by atoms with E-state index in [-0.39, 0.29) is 23.6 Å². The van der Waals surface area contributed by atoms with Crippen molar-refractivity contribution >= 4 is 11.9 Å². The highest BCUT2D eigenvalue weighted by atomic mass is 16.4. The highest BCUT2D eigenvalue weighted by Crippen LogP contribution is 2.49. The fraction of sp³-hybridized carbons (Fsp3) is 0.300. The number of carbonyl (C=O) groups is 2. The molecule has 2 heterocycles. The first-order valence-corrected chi connectivity index (χ1v) is 8.28. The molecule has 2 aromatic carbocycles. The van der Waals surface area contributed by atoms with E-state index in [1.54, 1.807) is 6.07 Å². The number of hydrogen-bond acceptors (Lipinski definition) is 2. The number of amides is 1. The third-order valence-electron chi connectivity index (χ3n) is 5.44. The highest BCUT2D eigenvalue weighted by molar-refractivity contribution is 6.08. The quantitative estimate of drug-likeness (QED) is 0.858. The van der Waals surface area contributed by atoms with Crippen molar-refractivity contribution in [3.05, 3.63) is 70.3 Å². The van der Waals surface area contributed by atoms with Gasteiger partial charge in [-0.3, -0.25) is 4.79 Å². The van der Waals surface area contributed by atoms with Crippen LogP contribution >= 0.6 is 0 Å². The van der Waals surface area contributed by atoms with Gasteiger partial charge >= 0.3 is 5.97 Å². The average molecular weight is 321 g/mol. The monoisotopic (exact) mass is 321 g/mol. The lowest BCUT2D eigenvalue weighted by Crippen LogP contribution is -2.30. The second kappa shape index (κ2) is 5.20. The van der Waals surface area contributed by atoms with Gasteiger partial charge < -0.3 is 10.0 Å². The van der Waals surface area contributed by atoms with Gasteiger partial charge in [0.25, 0.3) is 5.91 Å². The van der Waals surface area contributed by atoms with Crippen molar-refractivity contribution in [3.8, 4) is 0 Å². The van der Waals surface area contributed by atoms with Crippen LogP contribution in [0.1, 0.15) is 75.7 Å². The number of carbonyl (C=O) groups excluding carboxylic acids is 1. The van der Waals surface area contributed by atoms with Gasteiger partial charge in [-0.2, -0.15) is 0 Å². The normalized spacial score (nSPS) is 24.8. The Morgan fingerprint density at radius 1 is 1.04 bits per heavy atom. The minimum Gasteiger partial charge on any atom is -0.478 e. The number of nitrogens with zero attached hydrogens (tertiary/aromatic N) is 1. The van der Waals surface area contributed by atoms with Crippen LogP contribution in [0.3, 0.4) is 0 Å². The summed E-state index contributed by atoms with van der Waals surface area (Å²) >= 11 is 0. The second-order valence-corrected chi connectivity index (χ2v) is 6.74. The second-order valence-electron chi connectivity index (χ2n) is 6.74. The summed E-state index contributed by atoms with van der Waals surface area (Å²) in [6.45, 7) is 4.21. The lowest BCUT2D eigenvalue weighted by molar-refractivity contribution is 0.0623. The van der Waals surface area contributed by atoms with Gasteiger partial charge in [0.05, 0.1) is 23.2 Å². The van der Waals surface area contributed by atoms with Crippen molar-refractivity contribution in [2.24, 2.45) is 0 Å². The molecule has 0 saturated carbocycles. The molecule has 0 radical (unpaired) electrons. The van der Waals surface area contributed by atoms with Crippen LogP contribution in [0.5, 0.6) is 0 Å². The van der Waals surface area contributed by atoms with Gasteiger partial charge in [-0.1, -0.05) is 43.3 Å². The van der Waals surface area contributed by atoms with E-state index in [9.17, 15) is 14.7 Å². The van der Waals surface area contributed by atoms with Gasteiger partial charge in [0.15, 0.2) is 0 Å². The molecule has 122 valence electrons. The van der Waals surface area contributed by atoms with Crippen LogP contribution in [0.4, 0.5) is 0 Å². The van der Waals surface area contributed by atoms with E-state index in [0.29, 0.717) is 11.5 Å². The number of rotatable bonds is 1. The summed E-state index contributed by atoms with van der Waals surface area (Å²) in [5, 5.41) is 9.46. The molecule has 2 aliphatic rings. The first-order chi connectivity index (χ1) is 11.5. The van der Waals surface area contributed by atoms with Crippen molar-refractivity contribution < 1.29 is 14.7 Å². The standard InChI is InChI=1S/C20H19NO3/c1-11-10-17-15-8-5-9-16(20(23)24)18(15)19(22)21(17)12(2)14-7-4-3-6-13(11)14/h3-9,11-12,17H,10H2,1-2H3,(H,23,24)/t11-,12-,17-/m0/s1. The highest BCUT2D eigenvalue weighted by Gasteiger charge is 2.44. The van der Waals surface area contributed by atoms with Gasteiger partial charge in [-0.25, -0.2) is 4.79 Å². The van der Waals surface area contributed by atoms with Gasteiger partial charge in [0.1, 0.15) is 0 Å². The first kappa shape index (κ1) is 14.9. The summed E-state index contributed by atoms with van der Waals surface area (Å²) in [6.07, 6.45) is 0.809. The number of carboxylic acids is 1. The smallest absolute Gasteiger partial charge is 0.336 e. The first-order valence-electron chi connectivity index (χ1n) is 8.28. The van der Waals surface area contributed by atoms with E-state index in [1.807, 2.05) is 30.0 Å². The molecule has 0 bridgehead atoms. The molecule has 1 N–H and O–H groups in total. The lowest BCUT2D eigenvalue weighted by atomic mass is 9.88. The topological polar surface area (TPSA) is 57.6 Å². The fourth-order valence-corrected chi connectivity index (χ4v) is 4.32. The Balaban J connectivity index is 1.91. The minimum absolute atomic E-state index is 0.0656. The van der Waals surface area contributed by atoms with Crippen molar-refractivity contribution in [2.75, 3.05) is 0 Å². The molecule has 4 rings (SSSR count). The van der Waals surface area contributed by atoms with E-state index in [1.165, 1.54) is 11.6 Å². The maximum absolute atomic E-state index is 13.1. The van der Waals surface area contributed by atoms with E-state index < -0.39 is 5.97 Å². The van der Waals surface area contributed by atoms with E-state index in [0.717, 1.165) is 17.5 Å². The van der Waals surface area contributed by atoms with Crippen LogP contribution in [-0.4, -0.2) is 21.9 Å². The Bertz CT molecular complexity index is 858. The Hall–Kier alpha value is -2.62. The summed E-state index contributed by atoms with van der Waals surface area (Å²) in [5.41, 5.74) is 3.77. The molecule has 4 nitrogen and oxygen atoms in total. The molecule has 2 aromatic rings. The molecule has 2 aliphatic heterocycles. The van der Waals surface area contributed by atoms with Gasteiger partial charge in [-0.15, -0.1) is 0 Å². The zero-order valence-electron chi connectivity index (χ0n) is 13.7. The van der Waals surface area contributed by atoms with Crippen LogP contribution in [0.2, 0.25) is 0 Å². The molecular formula is C20H19NO3. The zero-order valence-corrected chi connectivity index (χ0v) is 13.7. The Labute approximate surface area is 140 Å². The molecule has 0 aromatic heterocycles. The third kappa shape index (κ3) is 1.92. The largest absolute Gasteiger partial charge is 0.478 e. The maximum Gasteiger partial charge on any atom is 0.336 e. The summed E-state index contributed by atoms with van der Waals surface area (Å²) in [7, 11) is 0. The van der Waals surface area contributed by atoms with Crippen molar-refractivity contribution in [3.63, 3.8) is 0 Å². The number of carboxylic acid groups (broad SMARTS) is 1. The molecule has 3 atom stereocenters. The number of benzene rings is 2. The average Bonchev–Trinajstić information content (AvgIpc) is 2.80. The molecule has 24 heavy (non-hydrogen) atoms. The van der Waals surface area contributed by atoms with Crippen LogP contribution in [-0.2, 0) is 0 Å². The molecule has 1 amide bonds. The summed E-state index contributed by atoms with van der Waals surface area (Å²) < 4.78 is 0. The minimum atomic E-state index is -1.04. The van der Waals surface area contributed by atoms with Crippen molar-refractivity contribution in [1.82, 2.24) is 4.90 Å². The van der Waals surface area contributed by atoms with Crippen LogP contribution in [0.25, 0.3) is 0 Å². The number of aromatic carboxylic acids is 1. The third-order valence-corrected chi connectivity index (χ3v) is 5.44. The van der Waals surface area contributed by atoms with Gasteiger partial charge in [0, 0.05) is 0 Å². The van der Waals surface area contributed by atoms with Crippen molar-refractivity contribution in [2.45, 2.75) is 38.3 Å². The van der Waals surface area contributed by atoms with Gasteiger partial charge in [0.2, 0.25) is 0 Å². The summed E-state index contributed by atoms with van der Waals surface area (Å²) in [6, 6.07) is 13.3. The molecule has 0 saturated heterocycles.